The molecule has 1 heterocycles. The minimum Gasteiger partial charge on any atom is -0.333 e. The van der Waals surface area contributed by atoms with Crippen molar-refractivity contribution >= 4 is 0 Å². The third kappa shape index (κ3) is 4.13. The molecule has 0 amide bonds. The minimum atomic E-state index is 0.965. The van der Waals surface area contributed by atoms with Gasteiger partial charge < -0.3 is 9.88 Å². The third-order valence-corrected chi connectivity index (χ3v) is 4.02. The van der Waals surface area contributed by atoms with E-state index in [2.05, 4.69) is 21.8 Å². The van der Waals surface area contributed by atoms with Crippen molar-refractivity contribution in [3.05, 3.63) is 18.2 Å². The summed E-state index contributed by atoms with van der Waals surface area (Å²) < 4.78 is 2.26. The fraction of sp³-hybridized carbons (Fsp3) is 0.800. The number of aryl methyl sites for hydroxylation is 1. The van der Waals surface area contributed by atoms with Gasteiger partial charge in [-0.15, -0.1) is 0 Å². The zero-order chi connectivity index (χ0) is 12.6. The van der Waals surface area contributed by atoms with Crippen molar-refractivity contribution in [3.8, 4) is 0 Å². The van der Waals surface area contributed by atoms with E-state index in [9.17, 15) is 0 Å². The van der Waals surface area contributed by atoms with Crippen LogP contribution >= 0.6 is 0 Å². The van der Waals surface area contributed by atoms with Gasteiger partial charge in [0, 0.05) is 19.3 Å². The Morgan fingerprint density at radius 1 is 1.33 bits per heavy atom. The number of aromatic nitrogens is 2. The molecule has 0 radical (unpaired) electrons. The Kier molecular flexibility index (Phi) is 5.72. The Labute approximate surface area is 111 Å². The first-order valence-electron chi connectivity index (χ1n) is 7.60. The van der Waals surface area contributed by atoms with Crippen LogP contribution in [0.4, 0.5) is 0 Å². The highest BCUT2D eigenvalue weighted by Gasteiger charge is 2.12. The largest absolute Gasteiger partial charge is 0.333 e. The Morgan fingerprint density at radius 3 is 2.94 bits per heavy atom. The highest BCUT2D eigenvalue weighted by Crippen LogP contribution is 2.25. The molecule has 1 saturated carbocycles. The molecular formula is C15H27N3. The van der Waals surface area contributed by atoms with Gasteiger partial charge in [-0.1, -0.05) is 39.0 Å². The van der Waals surface area contributed by atoms with E-state index in [4.69, 9.17) is 0 Å². The molecule has 1 aliphatic carbocycles. The van der Waals surface area contributed by atoms with E-state index in [0.717, 1.165) is 25.6 Å². The molecule has 0 spiro atoms. The number of hydrogen-bond donors (Lipinski definition) is 1. The molecule has 0 unspecified atom stereocenters. The molecule has 1 N–H and O–H groups in total. The molecule has 18 heavy (non-hydrogen) atoms. The third-order valence-electron chi connectivity index (χ3n) is 4.02. The molecule has 3 nitrogen and oxygen atoms in total. The van der Waals surface area contributed by atoms with Crippen LogP contribution in [0, 0.1) is 5.92 Å². The van der Waals surface area contributed by atoms with Gasteiger partial charge in [0.25, 0.3) is 0 Å². The maximum Gasteiger partial charge on any atom is 0.0948 e. The monoisotopic (exact) mass is 249 g/mol. The van der Waals surface area contributed by atoms with Gasteiger partial charge >= 0.3 is 0 Å². The van der Waals surface area contributed by atoms with E-state index < -0.39 is 0 Å². The second kappa shape index (κ2) is 7.57. The molecule has 2 rings (SSSR count). The van der Waals surface area contributed by atoms with Crippen molar-refractivity contribution in [1.29, 1.82) is 0 Å². The number of nitrogens with zero attached hydrogens (tertiary/aromatic N) is 2. The smallest absolute Gasteiger partial charge is 0.0948 e. The molecule has 0 bridgehead atoms. The summed E-state index contributed by atoms with van der Waals surface area (Å²) in [6, 6.07) is 0. The van der Waals surface area contributed by atoms with Crippen molar-refractivity contribution in [2.75, 3.05) is 6.54 Å². The van der Waals surface area contributed by atoms with Crippen LogP contribution in [0.1, 0.15) is 57.6 Å². The van der Waals surface area contributed by atoms with Gasteiger partial charge in [0.15, 0.2) is 0 Å². The fourth-order valence-electron chi connectivity index (χ4n) is 2.94. The summed E-state index contributed by atoms with van der Waals surface area (Å²) in [6.45, 7) is 5.41. The summed E-state index contributed by atoms with van der Waals surface area (Å²) in [7, 11) is 0. The average Bonchev–Trinajstić information content (AvgIpc) is 2.84. The average molecular weight is 249 g/mol. The lowest BCUT2D eigenvalue weighted by Crippen LogP contribution is -2.20. The maximum absolute atomic E-state index is 4.23. The lowest BCUT2D eigenvalue weighted by atomic mass is 9.87. The number of rotatable bonds is 7. The predicted octanol–water partition coefficient (Wildman–Crippen LogP) is 3.35. The van der Waals surface area contributed by atoms with Gasteiger partial charge in [0.1, 0.15) is 0 Å². The normalized spacial score (nSPS) is 17.2. The van der Waals surface area contributed by atoms with E-state index in [1.165, 1.54) is 50.6 Å². The lowest BCUT2D eigenvalue weighted by molar-refractivity contribution is 0.333. The van der Waals surface area contributed by atoms with Crippen molar-refractivity contribution in [2.24, 2.45) is 5.92 Å². The van der Waals surface area contributed by atoms with Crippen LogP contribution in [0.15, 0.2) is 12.5 Å². The summed E-state index contributed by atoms with van der Waals surface area (Å²) in [4.78, 5) is 4.23. The zero-order valence-corrected chi connectivity index (χ0v) is 11.7. The summed E-state index contributed by atoms with van der Waals surface area (Å²) in [5.74, 6) is 0.979. The maximum atomic E-state index is 4.23. The standard InChI is InChI=1S/C15H27N3/c1-2-10-18-13-17-12-15(18)11-16-9-8-14-6-4-3-5-7-14/h12-14,16H,2-11H2,1H3. The number of nitrogens with one attached hydrogen (secondary N) is 1. The molecule has 0 aromatic carbocycles. The summed E-state index contributed by atoms with van der Waals surface area (Å²) >= 11 is 0. The van der Waals surface area contributed by atoms with Crippen LogP contribution in [0.3, 0.4) is 0 Å². The van der Waals surface area contributed by atoms with Crippen LogP contribution in [0.25, 0.3) is 0 Å². The van der Waals surface area contributed by atoms with Gasteiger partial charge in [0.05, 0.1) is 12.0 Å². The molecule has 102 valence electrons. The van der Waals surface area contributed by atoms with Crippen LogP contribution in [-0.4, -0.2) is 16.1 Å². The Balaban J connectivity index is 1.63. The van der Waals surface area contributed by atoms with Crippen LogP contribution in [0.5, 0.6) is 0 Å². The zero-order valence-electron chi connectivity index (χ0n) is 11.7. The first-order valence-corrected chi connectivity index (χ1v) is 7.60. The van der Waals surface area contributed by atoms with Crippen molar-refractivity contribution in [1.82, 2.24) is 14.9 Å². The summed E-state index contributed by atoms with van der Waals surface area (Å²) in [6.07, 6.45) is 13.7. The van der Waals surface area contributed by atoms with Crippen LogP contribution in [0.2, 0.25) is 0 Å². The second-order valence-corrected chi connectivity index (χ2v) is 5.55. The van der Waals surface area contributed by atoms with E-state index in [1.807, 2.05) is 12.5 Å². The fourth-order valence-corrected chi connectivity index (χ4v) is 2.94. The molecule has 0 atom stereocenters. The SMILES string of the molecule is CCCn1cncc1CNCCC1CCCCC1. The van der Waals surface area contributed by atoms with Crippen LogP contribution in [-0.2, 0) is 13.1 Å². The minimum absolute atomic E-state index is 0.965. The predicted molar refractivity (Wildman–Crippen MR) is 75.4 cm³/mol. The summed E-state index contributed by atoms with van der Waals surface area (Å²) in [5, 5.41) is 3.57. The molecule has 1 aromatic rings. The second-order valence-electron chi connectivity index (χ2n) is 5.55. The first-order chi connectivity index (χ1) is 8.90. The molecule has 0 aliphatic heterocycles. The highest BCUT2D eigenvalue weighted by atomic mass is 15.1. The van der Waals surface area contributed by atoms with Crippen molar-refractivity contribution < 1.29 is 0 Å². The molecule has 1 aliphatic rings. The lowest BCUT2D eigenvalue weighted by Gasteiger charge is -2.21. The first kappa shape index (κ1) is 13.6. The molecular weight excluding hydrogens is 222 g/mol. The van der Waals surface area contributed by atoms with Gasteiger partial charge in [-0.25, -0.2) is 4.98 Å². The number of hydrogen-bond acceptors (Lipinski definition) is 2. The van der Waals surface area contributed by atoms with Gasteiger partial charge in [0.2, 0.25) is 0 Å². The Morgan fingerprint density at radius 2 is 2.17 bits per heavy atom. The highest BCUT2D eigenvalue weighted by molar-refractivity contribution is 4.97. The van der Waals surface area contributed by atoms with Gasteiger partial charge in [-0.3, -0.25) is 0 Å². The molecule has 3 heteroatoms. The molecule has 1 aromatic heterocycles. The quantitative estimate of drug-likeness (QED) is 0.751. The topological polar surface area (TPSA) is 29.9 Å². The van der Waals surface area contributed by atoms with Gasteiger partial charge in [-0.2, -0.15) is 0 Å². The van der Waals surface area contributed by atoms with Crippen molar-refractivity contribution in [2.45, 2.75) is 65.0 Å². The van der Waals surface area contributed by atoms with E-state index in [1.54, 1.807) is 0 Å². The number of imidazole rings is 1. The van der Waals surface area contributed by atoms with E-state index in [0.29, 0.717) is 0 Å². The van der Waals surface area contributed by atoms with Crippen LogP contribution < -0.4 is 5.32 Å². The van der Waals surface area contributed by atoms with E-state index in [-0.39, 0.29) is 0 Å². The van der Waals surface area contributed by atoms with Gasteiger partial charge in [-0.05, 0) is 25.3 Å². The Bertz CT molecular complexity index is 326. The molecule has 1 fully saturated rings. The van der Waals surface area contributed by atoms with Crippen molar-refractivity contribution in [3.63, 3.8) is 0 Å². The Hall–Kier alpha value is -0.830. The summed E-state index contributed by atoms with van der Waals surface area (Å²) in [5.41, 5.74) is 1.32. The molecule has 0 saturated heterocycles. The van der Waals surface area contributed by atoms with E-state index >= 15 is 0 Å².